The lowest BCUT2D eigenvalue weighted by Gasteiger charge is -2.41. The number of phenols is 1. The van der Waals surface area contributed by atoms with Crippen molar-refractivity contribution in [3.63, 3.8) is 0 Å². The molecule has 5 heteroatoms. The highest BCUT2D eigenvalue weighted by Crippen LogP contribution is 2.23. The topological polar surface area (TPSA) is 61.8 Å². The molecule has 1 aromatic carbocycles. The van der Waals surface area contributed by atoms with Crippen LogP contribution in [0.4, 0.5) is 10.5 Å². The highest BCUT2D eigenvalue weighted by atomic mass is 16.6. The Hall–Kier alpha value is -1.91. The summed E-state index contributed by atoms with van der Waals surface area (Å²) < 4.78 is 5.20. The second kappa shape index (κ2) is 4.99. The molecule has 104 valence electrons. The zero-order chi connectivity index (χ0) is 14.0. The molecule has 5 nitrogen and oxygen atoms in total. The van der Waals surface area contributed by atoms with Crippen LogP contribution in [0.1, 0.15) is 20.8 Å². The highest BCUT2D eigenvalue weighted by molar-refractivity contribution is 5.69. The number of rotatable bonds is 2. The van der Waals surface area contributed by atoms with Crippen LogP contribution in [0.5, 0.6) is 5.75 Å². The van der Waals surface area contributed by atoms with E-state index in [0.29, 0.717) is 0 Å². The standard InChI is InChI=1S/C14H20N2O3/c1-14(2,3)19-13(18)15-10-8-16(9-10)11-4-6-12(17)7-5-11/h4-7,10,17H,8-9H2,1-3H3,(H,15,18). The summed E-state index contributed by atoms with van der Waals surface area (Å²) in [5.74, 6) is 0.257. The fraction of sp³-hybridized carbons (Fsp3) is 0.500. The van der Waals surface area contributed by atoms with Crippen LogP contribution in [-0.2, 0) is 4.74 Å². The van der Waals surface area contributed by atoms with Crippen LogP contribution in [0.2, 0.25) is 0 Å². The van der Waals surface area contributed by atoms with E-state index in [-0.39, 0.29) is 17.9 Å². The molecule has 1 aliphatic rings. The lowest BCUT2D eigenvalue weighted by molar-refractivity contribution is 0.0496. The normalized spacial score (nSPS) is 15.8. The third kappa shape index (κ3) is 3.77. The van der Waals surface area contributed by atoms with Crippen LogP contribution in [0.15, 0.2) is 24.3 Å². The zero-order valence-electron chi connectivity index (χ0n) is 11.5. The molecule has 2 rings (SSSR count). The quantitative estimate of drug-likeness (QED) is 0.858. The first kappa shape index (κ1) is 13.5. The van der Waals surface area contributed by atoms with Crippen molar-refractivity contribution in [1.29, 1.82) is 0 Å². The molecule has 0 spiro atoms. The maximum absolute atomic E-state index is 11.6. The van der Waals surface area contributed by atoms with Crippen LogP contribution in [0.25, 0.3) is 0 Å². The number of nitrogens with one attached hydrogen (secondary N) is 1. The number of hydrogen-bond acceptors (Lipinski definition) is 4. The SMILES string of the molecule is CC(C)(C)OC(=O)NC1CN(c2ccc(O)cc2)C1. The van der Waals surface area contributed by atoms with Gasteiger partial charge in [0.1, 0.15) is 11.4 Å². The van der Waals surface area contributed by atoms with E-state index in [1.807, 2.05) is 32.9 Å². The number of carbonyl (C=O) groups excluding carboxylic acids is 1. The third-order valence-electron chi connectivity index (χ3n) is 2.82. The molecule has 1 fully saturated rings. The van der Waals surface area contributed by atoms with Gasteiger partial charge in [0.15, 0.2) is 0 Å². The van der Waals surface area contributed by atoms with Gasteiger partial charge in [0.25, 0.3) is 0 Å². The summed E-state index contributed by atoms with van der Waals surface area (Å²) in [5, 5.41) is 12.0. The number of anilines is 1. The van der Waals surface area contributed by atoms with Crippen LogP contribution >= 0.6 is 0 Å². The number of benzene rings is 1. The Morgan fingerprint density at radius 2 is 1.89 bits per heavy atom. The maximum atomic E-state index is 11.6. The van der Waals surface area contributed by atoms with Gasteiger partial charge in [-0.1, -0.05) is 0 Å². The van der Waals surface area contributed by atoms with E-state index >= 15 is 0 Å². The fourth-order valence-corrected chi connectivity index (χ4v) is 1.92. The number of nitrogens with zero attached hydrogens (tertiary/aromatic N) is 1. The molecule has 1 amide bonds. The van der Waals surface area contributed by atoms with Gasteiger partial charge in [-0.05, 0) is 45.0 Å². The van der Waals surface area contributed by atoms with Gasteiger partial charge < -0.3 is 20.1 Å². The van der Waals surface area contributed by atoms with Crippen molar-refractivity contribution in [3.05, 3.63) is 24.3 Å². The summed E-state index contributed by atoms with van der Waals surface area (Å²) in [6.45, 7) is 7.04. The van der Waals surface area contributed by atoms with Gasteiger partial charge in [-0.2, -0.15) is 0 Å². The van der Waals surface area contributed by atoms with Crippen molar-refractivity contribution in [1.82, 2.24) is 5.32 Å². The van der Waals surface area contributed by atoms with Gasteiger partial charge in [0.05, 0.1) is 6.04 Å². The molecule has 0 unspecified atom stereocenters. The summed E-state index contributed by atoms with van der Waals surface area (Å²) in [7, 11) is 0. The van der Waals surface area contributed by atoms with Crippen molar-refractivity contribution in [2.45, 2.75) is 32.4 Å². The maximum Gasteiger partial charge on any atom is 0.407 e. The summed E-state index contributed by atoms with van der Waals surface area (Å²) in [5.41, 5.74) is 0.574. The predicted octanol–water partition coefficient (Wildman–Crippen LogP) is 2.11. The Labute approximate surface area is 113 Å². The molecule has 0 aliphatic carbocycles. The molecule has 1 saturated heterocycles. The predicted molar refractivity (Wildman–Crippen MR) is 73.5 cm³/mol. The number of phenolic OH excluding ortho intramolecular Hbond substituents is 1. The number of alkyl carbamates (subject to hydrolysis) is 1. The van der Waals surface area contributed by atoms with Crippen LogP contribution in [-0.4, -0.2) is 35.9 Å². The molecule has 0 aromatic heterocycles. The number of carbonyl (C=O) groups is 1. The van der Waals surface area contributed by atoms with E-state index < -0.39 is 5.60 Å². The molecule has 1 aromatic rings. The Morgan fingerprint density at radius 3 is 2.42 bits per heavy atom. The van der Waals surface area contributed by atoms with Gasteiger partial charge in [0.2, 0.25) is 0 Å². The van der Waals surface area contributed by atoms with Gasteiger partial charge >= 0.3 is 6.09 Å². The molecule has 2 N–H and O–H groups in total. The second-order valence-electron chi connectivity index (χ2n) is 5.76. The first-order valence-corrected chi connectivity index (χ1v) is 6.37. The zero-order valence-corrected chi connectivity index (χ0v) is 11.5. The average Bonchev–Trinajstić information content (AvgIpc) is 2.22. The number of ether oxygens (including phenoxy) is 1. The Bertz CT molecular complexity index is 445. The summed E-state index contributed by atoms with van der Waals surface area (Å²) in [6, 6.07) is 7.15. The molecular formula is C14H20N2O3. The number of aromatic hydroxyl groups is 1. The van der Waals surface area contributed by atoms with Gasteiger partial charge in [-0.25, -0.2) is 4.79 Å². The van der Waals surface area contributed by atoms with E-state index in [1.54, 1.807) is 12.1 Å². The molecule has 1 aliphatic heterocycles. The summed E-state index contributed by atoms with van der Waals surface area (Å²) in [4.78, 5) is 13.7. The third-order valence-corrected chi connectivity index (χ3v) is 2.82. The molecular weight excluding hydrogens is 244 g/mol. The molecule has 0 radical (unpaired) electrons. The minimum Gasteiger partial charge on any atom is -0.508 e. The van der Waals surface area contributed by atoms with E-state index in [4.69, 9.17) is 4.74 Å². The van der Waals surface area contributed by atoms with Crippen molar-refractivity contribution in [2.75, 3.05) is 18.0 Å². The molecule has 19 heavy (non-hydrogen) atoms. The molecule has 0 saturated carbocycles. The molecule has 0 bridgehead atoms. The van der Waals surface area contributed by atoms with E-state index in [1.165, 1.54) is 0 Å². The monoisotopic (exact) mass is 264 g/mol. The molecule has 1 heterocycles. The fourth-order valence-electron chi connectivity index (χ4n) is 1.92. The largest absolute Gasteiger partial charge is 0.508 e. The first-order valence-electron chi connectivity index (χ1n) is 6.37. The van der Waals surface area contributed by atoms with Gasteiger partial charge in [-0.15, -0.1) is 0 Å². The van der Waals surface area contributed by atoms with E-state index in [2.05, 4.69) is 10.2 Å². The number of hydrogen-bond donors (Lipinski definition) is 2. The minimum atomic E-state index is -0.468. The summed E-state index contributed by atoms with van der Waals surface area (Å²) in [6.07, 6.45) is -0.372. The van der Waals surface area contributed by atoms with Crippen LogP contribution in [0, 0.1) is 0 Å². The van der Waals surface area contributed by atoms with Gasteiger partial charge in [-0.3, -0.25) is 0 Å². The lowest BCUT2D eigenvalue weighted by atomic mass is 10.1. The van der Waals surface area contributed by atoms with Crippen molar-refractivity contribution in [2.24, 2.45) is 0 Å². The van der Waals surface area contributed by atoms with Crippen LogP contribution < -0.4 is 10.2 Å². The first-order chi connectivity index (χ1) is 8.83. The van der Waals surface area contributed by atoms with Crippen molar-refractivity contribution in [3.8, 4) is 5.75 Å². The van der Waals surface area contributed by atoms with E-state index in [0.717, 1.165) is 18.8 Å². The Balaban J connectivity index is 1.77. The van der Waals surface area contributed by atoms with Gasteiger partial charge in [0, 0.05) is 18.8 Å². The Kier molecular flexibility index (Phi) is 3.55. The van der Waals surface area contributed by atoms with Crippen molar-refractivity contribution < 1.29 is 14.6 Å². The van der Waals surface area contributed by atoms with E-state index in [9.17, 15) is 9.90 Å². The van der Waals surface area contributed by atoms with Crippen molar-refractivity contribution >= 4 is 11.8 Å². The van der Waals surface area contributed by atoms with Crippen LogP contribution in [0.3, 0.4) is 0 Å². The smallest absolute Gasteiger partial charge is 0.407 e. The second-order valence-corrected chi connectivity index (χ2v) is 5.76. The highest BCUT2D eigenvalue weighted by Gasteiger charge is 2.29. The molecule has 0 atom stereocenters. The lowest BCUT2D eigenvalue weighted by Crippen LogP contribution is -2.60. The minimum absolute atomic E-state index is 0.114. The Morgan fingerprint density at radius 1 is 1.32 bits per heavy atom. The number of amides is 1. The average molecular weight is 264 g/mol. The summed E-state index contributed by atoms with van der Waals surface area (Å²) >= 11 is 0.